The number of carbonyl (C=O) groups is 2. The van der Waals surface area contributed by atoms with Crippen molar-refractivity contribution in [1.82, 2.24) is 0 Å². The molecule has 8 nitrogen and oxygen atoms in total. The number of hydrogen-bond acceptors (Lipinski definition) is 7. The third kappa shape index (κ3) is 9.51. The Balaban J connectivity index is 2.14. The predicted octanol–water partition coefficient (Wildman–Crippen LogP) is 8.14. The molecule has 1 fully saturated rings. The first-order valence-corrected chi connectivity index (χ1v) is 15.7. The Hall–Kier alpha value is -3.01. The number of anilines is 1. The Morgan fingerprint density at radius 2 is 1.45 bits per heavy atom. The van der Waals surface area contributed by atoms with Gasteiger partial charge in [-0.1, -0.05) is 49.2 Å². The van der Waals surface area contributed by atoms with Gasteiger partial charge in [0.25, 0.3) is 0 Å². The van der Waals surface area contributed by atoms with Crippen LogP contribution >= 0.6 is 0 Å². The molecule has 1 atom stereocenters. The molecular formula is C33H45NO7S. The van der Waals surface area contributed by atoms with E-state index in [1.54, 1.807) is 65.1 Å². The fourth-order valence-corrected chi connectivity index (χ4v) is 5.61. The second kappa shape index (κ2) is 14.0. The van der Waals surface area contributed by atoms with Crippen LogP contribution in [0.15, 0.2) is 58.8 Å². The molecule has 3 rings (SSSR count). The molecule has 230 valence electrons. The van der Waals surface area contributed by atoms with E-state index in [2.05, 4.69) is 6.92 Å². The van der Waals surface area contributed by atoms with Crippen LogP contribution in [0.1, 0.15) is 85.3 Å². The maximum absolute atomic E-state index is 13.6. The maximum Gasteiger partial charge on any atom is 0.424 e. The molecule has 0 unspecified atom stereocenters. The number of imide groups is 1. The first-order valence-electron chi connectivity index (χ1n) is 14.4. The average molecular weight is 600 g/mol. The second-order valence-corrected chi connectivity index (χ2v) is 13.7. The van der Waals surface area contributed by atoms with Crippen LogP contribution in [0, 0.1) is 6.92 Å². The van der Waals surface area contributed by atoms with Crippen LogP contribution in [-0.4, -0.2) is 46.6 Å². The number of hydrogen-bond donors (Lipinski definition) is 0. The highest BCUT2D eigenvalue weighted by atomic mass is 32.2. The van der Waals surface area contributed by atoms with E-state index in [-0.39, 0.29) is 5.69 Å². The summed E-state index contributed by atoms with van der Waals surface area (Å²) in [7, 11) is -1.51. The highest BCUT2D eigenvalue weighted by Gasteiger charge is 2.37. The predicted molar refractivity (Wildman–Crippen MR) is 166 cm³/mol. The van der Waals surface area contributed by atoms with Crippen LogP contribution in [0.4, 0.5) is 15.3 Å². The summed E-state index contributed by atoms with van der Waals surface area (Å²) in [5, 5.41) is 1.68. The summed E-state index contributed by atoms with van der Waals surface area (Å²) in [5.41, 5.74) is 0.845. The summed E-state index contributed by atoms with van der Waals surface area (Å²) in [6, 6.07) is 14.5. The van der Waals surface area contributed by atoms with E-state index in [0.717, 1.165) is 16.9 Å². The van der Waals surface area contributed by atoms with Crippen LogP contribution in [0.3, 0.4) is 0 Å². The molecule has 0 aliphatic carbocycles. The molecule has 0 radical (unpaired) electrons. The molecule has 1 aliphatic heterocycles. The minimum absolute atomic E-state index is 0.269. The molecule has 0 saturated carbocycles. The van der Waals surface area contributed by atoms with E-state index >= 15 is 0 Å². The minimum atomic E-state index is -1.51. The molecule has 2 amide bonds. The van der Waals surface area contributed by atoms with E-state index in [1.165, 1.54) is 0 Å². The SMILES string of the molecule is CCCC1(CC/C(=C\[S@](=O)c2ccc(C)cc2)c2ccccc2N(C(=O)OC(C)(C)C)C(=O)OC(C)(C)C)OCCO1. The van der Waals surface area contributed by atoms with Gasteiger partial charge in [0.15, 0.2) is 5.79 Å². The summed E-state index contributed by atoms with van der Waals surface area (Å²) in [4.78, 5) is 28.6. The normalized spacial score (nSPS) is 16.1. The van der Waals surface area contributed by atoms with Gasteiger partial charge in [0.2, 0.25) is 0 Å². The second-order valence-electron chi connectivity index (χ2n) is 12.4. The first kappa shape index (κ1) is 33.5. The monoisotopic (exact) mass is 599 g/mol. The lowest BCUT2D eigenvalue weighted by Crippen LogP contribution is -2.44. The van der Waals surface area contributed by atoms with E-state index in [4.69, 9.17) is 18.9 Å². The number of nitrogens with zero attached hydrogens (tertiary/aromatic N) is 1. The van der Waals surface area contributed by atoms with Gasteiger partial charge in [-0.25, -0.2) is 13.8 Å². The lowest BCUT2D eigenvalue weighted by Gasteiger charge is -2.30. The Morgan fingerprint density at radius 1 is 0.905 bits per heavy atom. The summed E-state index contributed by atoms with van der Waals surface area (Å²) in [6.07, 6.45) is 0.776. The zero-order chi connectivity index (χ0) is 31.1. The van der Waals surface area contributed by atoms with Gasteiger partial charge in [-0.05, 0) is 78.7 Å². The molecule has 0 spiro atoms. The smallest absolute Gasteiger partial charge is 0.424 e. The van der Waals surface area contributed by atoms with Crippen molar-refractivity contribution in [3.8, 4) is 0 Å². The van der Waals surface area contributed by atoms with Crippen molar-refractivity contribution >= 4 is 34.2 Å². The first-order chi connectivity index (χ1) is 19.6. The Morgan fingerprint density at radius 3 is 1.98 bits per heavy atom. The Bertz CT molecular complexity index is 1250. The third-order valence-corrected chi connectivity index (χ3v) is 7.60. The molecule has 1 aliphatic rings. The van der Waals surface area contributed by atoms with Gasteiger partial charge in [-0.15, -0.1) is 0 Å². The fraction of sp³-hybridized carbons (Fsp3) is 0.515. The fourth-order valence-electron chi connectivity index (χ4n) is 4.57. The van der Waals surface area contributed by atoms with Gasteiger partial charge in [0.05, 0.1) is 29.7 Å². The highest BCUT2D eigenvalue weighted by molar-refractivity contribution is 7.88. The summed E-state index contributed by atoms with van der Waals surface area (Å²) in [6.45, 7) is 15.5. The van der Waals surface area contributed by atoms with Crippen molar-refractivity contribution in [2.75, 3.05) is 18.1 Å². The molecule has 1 heterocycles. The molecule has 2 aromatic carbocycles. The number of ether oxygens (including phenoxy) is 4. The third-order valence-electron chi connectivity index (χ3n) is 6.37. The quantitative estimate of drug-likeness (QED) is 0.287. The standard InChI is InChI=1S/C33H45NO7S/c1-9-19-33(38-21-22-39-33)20-18-25(23-42(37)26-16-14-24(2)15-17-26)27-12-10-11-13-28(27)34(29(35)40-31(3,4)5)30(36)41-32(6,7)8/h10-17,23H,9,18-22H2,1-8H3/b25-23+/t42-/m0/s1. The molecule has 0 N–H and O–H groups in total. The summed E-state index contributed by atoms with van der Waals surface area (Å²) < 4.78 is 37.0. The van der Waals surface area contributed by atoms with E-state index in [0.29, 0.717) is 48.5 Å². The van der Waals surface area contributed by atoms with Crippen molar-refractivity contribution in [3.63, 3.8) is 0 Å². The van der Waals surface area contributed by atoms with E-state index in [9.17, 15) is 13.8 Å². The van der Waals surface area contributed by atoms with E-state index in [1.807, 2.05) is 37.3 Å². The number of carbonyl (C=O) groups excluding carboxylic acids is 2. The molecule has 1 saturated heterocycles. The van der Waals surface area contributed by atoms with Crippen LogP contribution < -0.4 is 4.90 Å². The zero-order valence-electron chi connectivity index (χ0n) is 26.2. The minimum Gasteiger partial charge on any atom is -0.443 e. The van der Waals surface area contributed by atoms with Crippen molar-refractivity contribution in [1.29, 1.82) is 0 Å². The zero-order valence-corrected chi connectivity index (χ0v) is 27.0. The number of amides is 2. The van der Waals surface area contributed by atoms with Crippen molar-refractivity contribution in [2.45, 2.75) is 103 Å². The molecular weight excluding hydrogens is 554 g/mol. The van der Waals surface area contributed by atoms with Gasteiger partial charge < -0.3 is 18.9 Å². The highest BCUT2D eigenvalue weighted by Crippen LogP contribution is 2.37. The van der Waals surface area contributed by atoms with Gasteiger partial charge in [0.1, 0.15) is 11.2 Å². The van der Waals surface area contributed by atoms with Crippen molar-refractivity contribution in [2.24, 2.45) is 0 Å². The summed E-state index contributed by atoms with van der Waals surface area (Å²) >= 11 is 0. The van der Waals surface area contributed by atoms with Gasteiger partial charge in [0, 0.05) is 28.7 Å². The lowest BCUT2D eigenvalue weighted by molar-refractivity contribution is -0.165. The van der Waals surface area contributed by atoms with Gasteiger partial charge in [-0.3, -0.25) is 0 Å². The Kier molecular flexibility index (Phi) is 11.1. The summed E-state index contributed by atoms with van der Waals surface area (Å²) in [5.74, 6) is -0.746. The number of para-hydroxylation sites is 1. The number of benzene rings is 2. The van der Waals surface area contributed by atoms with Crippen LogP contribution in [0.2, 0.25) is 0 Å². The maximum atomic E-state index is 13.6. The number of aryl methyl sites for hydroxylation is 1. The Labute approximate surface area is 252 Å². The topological polar surface area (TPSA) is 91.4 Å². The lowest BCUT2D eigenvalue weighted by atomic mass is 9.96. The average Bonchev–Trinajstić information content (AvgIpc) is 3.34. The van der Waals surface area contributed by atoms with Crippen LogP contribution in [-0.2, 0) is 29.7 Å². The van der Waals surface area contributed by atoms with Crippen molar-refractivity contribution in [3.05, 3.63) is 65.1 Å². The number of allylic oxidation sites excluding steroid dienone is 1. The molecule has 9 heteroatoms. The molecule has 0 bridgehead atoms. The largest absolute Gasteiger partial charge is 0.443 e. The molecule has 2 aromatic rings. The van der Waals surface area contributed by atoms with Crippen molar-refractivity contribution < 1.29 is 32.7 Å². The van der Waals surface area contributed by atoms with Gasteiger partial charge >= 0.3 is 12.2 Å². The van der Waals surface area contributed by atoms with E-state index < -0.39 is 40.0 Å². The van der Waals surface area contributed by atoms with Crippen LogP contribution in [0.5, 0.6) is 0 Å². The molecule has 42 heavy (non-hydrogen) atoms. The number of rotatable bonds is 9. The van der Waals surface area contributed by atoms with Gasteiger partial charge in [-0.2, -0.15) is 4.90 Å². The van der Waals surface area contributed by atoms with Crippen LogP contribution in [0.25, 0.3) is 5.57 Å². The molecule has 0 aromatic heterocycles.